The molecule has 4 heterocycles. The summed E-state index contributed by atoms with van der Waals surface area (Å²) in [4.78, 5) is 6.70. The number of fused-ring (bicyclic) bond motifs is 1. The van der Waals surface area contributed by atoms with Gasteiger partial charge in [-0.1, -0.05) is 60.7 Å². The highest BCUT2D eigenvalue weighted by atomic mass is 32.1. The fourth-order valence-electron chi connectivity index (χ4n) is 3.79. The molecule has 0 bridgehead atoms. The van der Waals surface area contributed by atoms with Gasteiger partial charge in [-0.2, -0.15) is 9.61 Å². The fourth-order valence-corrected chi connectivity index (χ4v) is 5.63. The van der Waals surface area contributed by atoms with Crippen molar-refractivity contribution in [1.82, 2.24) is 14.6 Å². The van der Waals surface area contributed by atoms with Gasteiger partial charge in [-0.3, -0.25) is 0 Å². The van der Waals surface area contributed by atoms with E-state index in [1.165, 1.54) is 10.1 Å². The van der Waals surface area contributed by atoms with Gasteiger partial charge in [-0.15, -0.1) is 22.7 Å². The highest BCUT2D eigenvalue weighted by Gasteiger charge is 2.17. The predicted octanol–water partition coefficient (Wildman–Crippen LogP) is 7.23. The van der Waals surface area contributed by atoms with Gasteiger partial charge >= 0.3 is 0 Å². The van der Waals surface area contributed by atoms with E-state index < -0.39 is 0 Å². The molecule has 0 fully saturated rings. The third kappa shape index (κ3) is 3.21. The van der Waals surface area contributed by atoms with Crippen molar-refractivity contribution < 1.29 is 5.11 Å². The Morgan fingerprint density at radius 1 is 0.656 bits per heavy atom. The minimum absolute atomic E-state index is 0.0996. The number of rotatable bonds is 4. The van der Waals surface area contributed by atoms with Gasteiger partial charge in [0, 0.05) is 16.0 Å². The maximum absolute atomic E-state index is 11.0. The Bertz CT molecular complexity index is 1530. The molecule has 0 spiro atoms. The molecule has 2 aromatic carbocycles. The topological polar surface area (TPSA) is 50.4 Å². The molecular formula is C26H17N3OS2. The van der Waals surface area contributed by atoms with Crippen molar-refractivity contribution in [1.29, 1.82) is 0 Å². The zero-order valence-electron chi connectivity index (χ0n) is 16.8. The third-order valence-corrected chi connectivity index (χ3v) is 7.37. The molecule has 6 heteroatoms. The molecule has 0 aliphatic heterocycles. The first-order valence-corrected chi connectivity index (χ1v) is 11.9. The van der Waals surface area contributed by atoms with Crippen LogP contribution in [-0.4, -0.2) is 19.7 Å². The molecule has 6 rings (SSSR count). The van der Waals surface area contributed by atoms with Crippen molar-refractivity contribution in [3.05, 3.63) is 96.0 Å². The Labute approximate surface area is 192 Å². The Morgan fingerprint density at radius 2 is 1.22 bits per heavy atom. The van der Waals surface area contributed by atoms with E-state index in [0.29, 0.717) is 11.2 Å². The number of thiophene rings is 2. The summed E-state index contributed by atoms with van der Waals surface area (Å²) in [6, 6.07) is 24.7. The average Bonchev–Trinajstić information content (AvgIpc) is 3.60. The van der Waals surface area contributed by atoms with Crippen LogP contribution in [0.3, 0.4) is 0 Å². The molecule has 6 aromatic rings. The second-order valence-electron chi connectivity index (χ2n) is 7.42. The first kappa shape index (κ1) is 19.0. The van der Waals surface area contributed by atoms with Gasteiger partial charge in [0.1, 0.15) is 0 Å². The highest BCUT2D eigenvalue weighted by Crippen LogP contribution is 2.39. The molecule has 0 radical (unpaired) electrons. The van der Waals surface area contributed by atoms with E-state index >= 15 is 0 Å². The van der Waals surface area contributed by atoms with Gasteiger partial charge in [-0.25, -0.2) is 4.98 Å². The second-order valence-corrected chi connectivity index (χ2v) is 9.24. The fraction of sp³-hybridized carbons (Fsp3) is 0. The maximum Gasteiger partial charge on any atom is 0.224 e. The van der Waals surface area contributed by atoms with Gasteiger partial charge in [0.15, 0.2) is 5.65 Å². The molecule has 0 saturated carbocycles. The summed E-state index contributed by atoms with van der Waals surface area (Å²) in [6.07, 6.45) is 3.51. The number of benzene rings is 2. The Morgan fingerprint density at radius 3 is 1.81 bits per heavy atom. The SMILES string of the molecule is Oc1c(-c2cc(-c3ccccc3)cs2)cnc2c(-c3cc(-c4ccccc4)cs3)cnn12. The van der Waals surface area contributed by atoms with Gasteiger partial charge in [0.25, 0.3) is 0 Å². The minimum atomic E-state index is 0.0996. The zero-order chi connectivity index (χ0) is 21.5. The molecule has 0 unspecified atom stereocenters. The van der Waals surface area contributed by atoms with E-state index in [9.17, 15) is 5.11 Å². The molecule has 0 amide bonds. The molecule has 154 valence electrons. The van der Waals surface area contributed by atoms with Crippen molar-refractivity contribution in [3.63, 3.8) is 0 Å². The van der Waals surface area contributed by atoms with E-state index in [1.54, 1.807) is 35.1 Å². The van der Waals surface area contributed by atoms with Crippen molar-refractivity contribution in [3.8, 4) is 49.0 Å². The van der Waals surface area contributed by atoms with Gasteiger partial charge in [0.05, 0.1) is 17.3 Å². The Kier molecular flexibility index (Phi) is 4.60. The van der Waals surface area contributed by atoms with Crippen LogP contribution in [0.4, 0.5) is 0 Å². The maximum atomic E-state index is 11.0. The summed E-state index contributed by atoms with van der Waals surface area (Å²) in [5, 5.41) is 19.7. The number of hydrogen-bond acceptors (Lipinski definition) is 5. The Hall–Kier alpha value is -3.74. The van der Waals surface area contributed by atoms with Crippen LogP contribution in [0.1, 0.15) is 0 Å². The van der Waals surface area contributed by atoms with Crippen LogP contribution in [-0.2, 0) is 0 Å². The van der Waals surface area contributed by atoms with Gasteiger partial charge < -0.3 is 5.11 Å². The van der Waals surface area contributed by atoms with E-state index in [-0.39, 0.29) is 5.88 Å². The summed E-state index contributed by atoms with van der Waals surface area (Å²) in [5.74, 6) is 0.0996. The third-order valence-electron chi connectivity index (χ3n) is 5.45. The average molecular weight is 452 g/mol. The summed E-state index contributed by atoms with van der Waals surface area (Å²) in [6.45, 7) is 0. The monoisotopic (exact) mass is 451 g/mol. The van der Waals surface area contributed by atoms with Crippen molar-refractivity contribution >= 4 is 28.3 Å². The lowest BCUT2D eigenvalue weighted by atomic mass is 10.1. The van der Waals surface area contributed by atoms with Crippen LogP contribution < -0.4 is 0 Å². The largest absolute Gasteiger partial charge is 0.493 e. The lowest BCUT2D eigenvalue weighted by Crippen LogP contribution is -1.93. The minimum Gasteiger partial charge on any atom is -0.493 e. The molecule has 32 heavy (non-hydrogen) atoms. The van der Waals surface area contributed by atoms with Crippen LogP contribution in [0.15, 0.2) is 96.0 Å². The second kappa shape index (κ2) is 7.75. The van der Waals surface area contributed by atoms with Crippen LogP contribution in [0, 0.1) is 0 Å². The summed E-state index contributed by atoms with van der Waals surface area (Å²) < 4.78 is 1.52. The van der Waals surface area contributed by atoms with Crippen LogP contribution in [0.25, 0.3) is 48.8 Å². The van der Waals surface area contributed by atoms with Crippen molar-refractivity contribution in [2.24, 2.45) is 0 Å². The smallest absolute Gasteiger partial charge is 0.224 e. The first-order valence-electron chi connectivity index (χ1n) is 10.1. The summed E-state index contributed by atoms with van der Waals surface area (Å²) >= 11 is 3.24. The molecule has 0 aliphatic carbocycles. The zero-order valence-corrected chi connectivity index (χ0v) is 18.5. The number of aromatic nitrogens is 3. The van der Waals surface area contributed by atoms with E-state index in [2.05, 4.69) is 57.2 Å². The summed E-state index contributed by atoms with van der Waals surface area (Å²) in [7, 11) is 0. The summed E-state index contributed by atoms with van der Waals surface area (Å²) in [5.41, 5.74) is 6.85. The number of aromatic hydroxyl groups is 1. The highest BCUT2D eigenvalue weighted by molar-refractivity contribution is 7.14. The molecular weight excluding hydrogens is 434 g/mol. The molecule has 0 aliphatic rings. The van der Waals surface area contributed by atoms with E-state index in [4.69, 9.17) is 0 Å². The van der Waals surface area contributed by atoms with Crippen molar-refractivity contribution in [2.45, 2.75) is 0 Å². The number of hydrogen-bond donors (Lipinski definition) is 1. The first-order chi connectivity index (χ1) is 15.8. The normalized spacial score (nSPS) is 11.2. The van der Waals surface area contributed by atoms with Crippen LogP contribution in [0.2, 0.25) is 0 Å². The number of nitrogens with zero attached hydrogens (tertiary/aromatic N) is 3. The predicted molar refractivity (Wildman–Crippen MR) is 132 cm³/mol. The lowest BCUT2D eigenvalue weighted by Gasteiger charge is -2.04. The van der Waals surface area contributed by atoms with E-state index in [0.717, 1.165) is 32.0 Å². The van der Waals surface area contributed by atoms with E-state index in [1.807, 2.05) is 36.4 Å². The molecule has 4 nitrogen and oxygen atoms in total. The van der Waals surface area contributed by atoms with Crippen molar-refractivity contribution in [2.75, 3.05) is 0 Å². The van der Waals surface area contributed by atoms with Crippen LogP contribution >= 0.6 is 22.7 Å². The van der Waals surface area contributed by atoms with Crippen LogP contribution in [0.5, 0.6) is 5.88 Å². The van der Waals surface area contributed by atoms with Gasteiger partial charge in [0.2, 0.25) is 5.88 Å². The van der Waals surface area contributed by atoms with Gasteiger partial charge in [-0.05, 0) is 45.1 Å². The quantitative estimate of drug-likeness (QED) is 0.308. The molecule has 0 saturated heterocycles. The molecule has 1 N–H and O–H groups in total. The Balaban J connectivity index is 1.38. The molecule has 0 atom stereocenters. The standard InChI is InChI=1S/C26H17N3OS2/c30-26-22(24-12-20(16-32-24)18-9-5-2-6-10-18)13-27-25-21(14-28-29(25)26)23-11-19(15-31-23)17-7-3-1-4-8-17/h1-16,30H. The molecule has 4 aromatic heterocycles. The lowest BCUT2D eigenvalue weighted by molar-refractivity contribution is 0.438.